The van der Waals surface area contributed by atoms with Crippen LogP contribution in [0, 0.1) is 0 Å². The van der Waals surface area contributed by atoms with Crippen LogP contribution in [0.15, 0.2) is 54.0 Å². The molecule has 0 saturated heterocycles. The third kappa shape index (κ3) is 3.08. The number of carbonyl (C=O) groups excluding carboxylic acids is 1. The number of nitrogens with one attached hydrogen (secondary N) is 1. The van der Waals surface area contributed by atoms with E-state index < -0.39 is 0 Å². The molecule has 0 fully saturated rings. The Balaban J connectivity index is 2.21. The molecule has 0 aliphatic rings. The monoisotopic (exact) mass is 257 g/mol. The molecule has 0 aliphatic heterocycles. The molecule has 92 valence electrons. The van der Waals surface area contributed by atoms with E-state index in [9.17, 15) is 4.79 Å². The first-order chi connectivity index (χ1) is 8.81. The van der Waals surface area contributed by atoms with Gasteiger partial charge in [-0.25, -0.2) is 0 Å². The lowest BCUT2D eigenvalue weighted by Crippen LogP contribution is -2.08. The van der Waals surface area contributed by atoms with Gasteiger partial charge in [0.2, 0.25) is 0 Å². The van der Waals surface area contributed by atoms with Gasteiger partial charge in [0.15, 0.2) is 5.78 Å². The Morgan fingerprint density at radius 2 is 2.00 bits per heavy atom. The van der Waals surface area contributed by atoms with Crippen molar-refractivity contribution in [2.45, 2.75) is 6.42 Å². The zero-order valence-electron chi connectivity index (χ0n) is 10.2. The second-order valence-corrected chi connectivity index (χ2v) is 4.92. The van der Waals surface area contributed by atoms with E-state index in [1.807, 2.05) is 47.8 Å². The summed E-state index contributed by atoms with van der Waals surface area (Å²) in [5.74, 6) is 0.137. The molecule has 0 spiro atoms. The molecule has 0 saturated carbocycles. The maximum Gasteiger partial charge on any atom is 0.170 e. The third-order valence-corrected chi connectivity index (χ3v) is 3.47. The highest BCUT2D eigenvalue weighted by Crippen LogP contribution is 2.18. The molecule has 0 unspecified atom stereocenters. The molecule has 0 radical (unpaired) electrons. The molecule has 1 N–H and O–H groups in total. The molecule has 0 aliphatic carbocycles. The highest BCUT2D eigenvalue weighted by molar-refractivity contribution is 7.10. The van der Waals surface area contributed by atoms with E-state index in [-0.39, 0.29) is 5.78 Å². The summed E-state index contributed by atoms with van der Waals surface area (Å²) < 4.78 is 0. The lowest BCUT2D eigenvalue weighted by molar-refractivity contribution is -0.113. The summed E-state index contributed by atoms with van der Waals surface area (Å²) in [5, 5.41) is 4.94. The number of carbonyl (C=O) groups is 1. The number of hydrogen-bond acceptors (Lipinski definition) is 3. The van der Waals surface area contributed by atoms with Crippen LogP contribution in [-0.2, 0) is 11.2 Å². The van der Waals surface area contributed by atoms with E-state index in [0.717, 1.165) is 16.0 Å². The van der Waals surface area contributed by atoms with Crippen LogP contribution in [0.3, 0.4) is 0 Å². The van der Waals surface area contributed by atoms with Gasteiger partial charge in [-0.2, -0.15) is 0 Å². The minimum atomic E-state index is 0.137. The fourth-order valence-corrected chi connectivity index (χ4v) is 2.46. The lowest BCUT2D eigenvalue weighted by Gasteiger charge is -2.06. The standard InChI is InChI=1S/C15H15NOS/c1-16-11-14(12-6-3-2-4-7-12)15(17)10-13-8-5-9-18-13/h2-9,11,16H,10H2,1H3. The summed E-state index contributed by atoms with van der Waals surface area (Å²) in [7, 11) is 1.81. The molecule has 18 heavy (non-hydrogen) atoms. The summed E-state index contributed by atoms with van der Waals surface area (Å²) in [6, 6.07) is 13.7. The number of allylic oxidation sites excluding steroid dienone is 1. The predicted molar refractivity (Wildman–Crippen MR) is 76.5 cm³/mol. The summed E-state index contributed by atoms with van der Waals surface area (Å²) >= 11 is 1.61. The lowest BCUT2D eigenvalue weighted by atomic mass is 10.0. The summed E-state index contributed by atoms with van der Waals surface area (Å²) in [4.78, 5) is 13.4. The fourth-order valence-electron chi connectivity index (χ4n) is 1.75. The van der Waals surface area contributed by atoms with Gasteiger partial charge in [0, 0.05) is 30.1 Å². The van der Waals surface area contributed by atoms with Gasteiger partial charge in [0.05, 0.1) is 0 Å². The van der Waals surface area contributed by atoms with Crippen molar-refractivity contribution in [3.05, 3.63) is 64.5 Å². The highest BCUT2D eigenvalue weighted by Gasteiger charge is 2.12. The normalized spacial score (nSPS) is 11.3. The Kier molecular flexibility index (Phi) is 4.31. The van der Waals surface area contributed by atoms with E-state index in [1.54, 1.807) is 24.6 Å². The zero-order chi connectivity index (χ0) is 12.8. The van der Waals surface area contributed by atoms with Gasteiger partial charge in [-0.1, -0.05) is 36.4 Å². The van der Waals surface area contributed by atoms with Crippen molar-refractivity contribution in [2.75, 3.05) is 7.05 Å². The maximum absolute atomic E-state index is 12.3. The van der Waals surface area contributed by atoms with Crippen LogP contribution in [0.2, 0.25) is 0 Å². The number of hydrogen-bond donors (Lipinski definition) is 1. The Morgan fingerprint density at radius 3 is 2.61 bits per heavy atom. The molecule has 1 aromatic heterocycles. The van der Waals surface area contributed by atoms with E-state index in [1.165, 1.54) is 0 Å². The Bertz CT molecular complexity index is 529. The van der Waals surface area contributed by atoms with Crippen LogP contribution in [-0.4, -0.2) is 12.8 Å². The van der Waals surface area contributed by atoms with Crippen LogP contribution >= 0.6 is 11.3 Å². The zero-order valence-corrected chi connectivity index (χ0v) is 11.0. The first-order valence-electron chi connectivity index (χ1n) is 5.79. The third-order valence-electron chi connectivity index (χ3n) is 2.59. The van der Waals surface area contributed by atoms with Crippen LogP contribution in [0.1, 0.15) is 10.4 Å². The molecule has 2 aromatic rings. The minimum absolute atomic E-state index is 0.137. The topological polar surface area (TPSA) is 29.1 Å². The minimum Gasteiger partial charge on any atom is -0.393 e. The van der Waals surface area contributed by atoms with E-state index in [0.29, 0.717) is 6.42 Å². The predicted octanol–water partition coefficient (Wildman–Crippen LogP) is 3.12. The Morgan fingerprint density at radius 1 is 1.22 bits per heavy atom. The van der Waals surface area contributed by atoms with Crippen molar-refractivity contribution >= 4 is 22.7 Å². The average Bonchev–Trinajstić information content (AvgIpc) is 2.89. The molecule has 1 aromatic carbocycles. The fraction of sp³-hybridized carbons (Fsp3) is 0.133. The molecule has 3 heteroatoms. The van der Waals surface area contributed by atoms with E-state index in [4.69, 9.17) is 0 Å². The summed E-state index contributed by atoms with van der Waals surface area (Å²) in [5.41, 5.74) is 1.68. The molecule has 0 amide bonds. The molecule has 2 rings (SSSR count). The number of benzene rings is 1. The molecule has 0 bridgehead atoms. The first-order valence-corrected chi connectivity index (χ1v) is 6.67. The number of ketones is 1. The largest absolute Gasteiger partial charge is 0.393 e. The van der Waals surface area contributed by atoms with Crippen molar-refractivity contribution in [3.8, 4) is 0 Å². The van der Waals surface area contributed by atoms with Crippen molar-refractivity contribution in [3.63, 3.8) is 0 Å². The van der Waals surface area contributed by atoms with Crippen LogP contribution in [0.25, 0.3) is 5.57 Å². The van der Waals surface area contributed by atoms with Gasteiger partial charge >= 0.3 is 0 Å². The van der Waals surface area contributed by atoms with Gasteiger partial charge < -0.3 is 5.32 Å². The molecule has 2 nitrogen and oxygen atoms in total. The van der Waals surface area contributed by atoms with Crippen LogP contribution < -0.4 is 5.32 Å². The van der Waals surface area contributed by atoms with Gasteiger partial charge in [-0.05, 0) is 17.0 Å². The number of rotatable bonds is 5. The average molecular weight is 257 g/mol. The summed E-state index contributed by atoms with van der Waals surface area (Å²) in [6.07, 6.45) is 2.23. The second kappa shape index (κ2) is 6.17. The number of Topliss-reactive ketones (excluding diaryl/α,β-unsaturated/α-hetero) is 1. The Hall–Kier alpha value is -1.87. The molecule has 1 heterocycles. The molecular formula is C15H15NOS. The van der Waals surface area contributed by atoms with Crippen molar-refractivity contribution < 1.29 is 4.79 Å². The smallest absolute Gasteiger partial charge is 0.170 e. The van der Waals surface area contributed by atoms with Crippen molar-refractivity contribution in [1.82, 2.24) is 5.32 Å². The van der Waals surface area contributed by atoms with Crippen LogP contribution in [0.4, 0.5) is 0 Å². The SMILES string of the molecule is CNC=C(C(=O)Cc1cccs1)c1ccccc1. The van der Waals surface area contributed by atoms with Gasteiger partial charge in [-0.3, -0.25) is 4.79 Å². The van der Waals surface area contributed by atoms with E-state index >= 15 is 0 Å². The molecule has 0 atom stereocenters. The van der Waals surface area contributed by atoms with Gasteiger partial charge in [-0.15, -0.1) is 11.3 Å². The van der Waals surface area contributed by atoms with Crippen LogP contribution in [0.5, 0.6) is 0 Å². The van der Waals surface area contributed by atoms with Crippen molar-refractivity contribution in [2.24, 2.45) is 0 Å². The van der Waals surface area contributed by atoms with Gasteiger partial charge in [0.1, 0.15) is 0 Å². The quantitative estimate of drug-likeness (QED) is 0.834. The van der Waals surface area contributed by atoms with E-state index in [2.05, 4.69) is 5.32 Å². The highest BCUT2D eigenvalue weighted by atomic mass is 32.1. The number of thiophene rings is 1. The summed E-state index contributed by atoms with van der Waals surface area (Å²) in [6.45, 7) is 0. The second-order valence-electron chi connectivity index (χ2n) is 3.89. The first kappa shape index (κ1) is 12.6. The van der Waals surface area contributed by atoms with Gasteiger partial charge in [0.25, 0.3) is 0 Å². The Labute approximate surface area is 111 Å². The molecular weight excluding hydrogens is 242 g/mol. The van der Waals surface area contributed by atoms with Crippen molar-refractivity contribution in [1.29, 1.82) is 0 Å². The maximum atomic E-state index is 12.3.